The lowest BCUT2D eigenvalue weighted by atomic mass is 10.2. The number of benzene rings is 1. The fraction of sp³-hybridized carbons (Fsp3) is 0.526. The molecule has 4 rings (SSSR count). The van der Waals surface area contributed by atoms with Gasteiger partial charge in [0.1, 0.15) is 11.6 Å². The van der Waals surface area contributed by atoms with Crippen molar-refractivity contribution < 1.29 is 9.53 Å². The topological polar surface area (TPSA) is 63.5 Å². The number of nitrogens with zero attached hydrogens (tertiary/aromatic N) is 5. The van der Waals surface area contributed by atoms with E-state index in [1.165, 1.54) is 30.3 Å². The smallest absolute Gasteiger partial charge is 0.233 e. The zero-order chi connectivity index (χ0) is 18.8. The first kappa shape index (κ1) is 18.2. The lowest BCUT2D eigenvalue weighted by Gasteiger charge is -2.36. The number of aromatic nitrogens is 3. The number of hydrogen-bond donors (Lipinski definition) is 0. The van der Waals surface area contributed by atoms with Gasteiger partial charge in [-0.25, -0.2) is 0 Å². The Bertz CT molecular complexity index is 795. The van der Waals surface area contributed by atoms with Crippen LogP contribution in [0.25, 0.3) is 0 Å². The molecule has 7 nitrogen and oxygen atoms in total. The number of ether oxygens (including phenoxy) is 1. The first-order chi connectivity index (χ1) is 13.2. The van der Waals surface area contributed by atoms with E-state index in [1.807, 2.05) is 28.6 Å². The van der Waals surface area contributed by atoms with Crippen LogP contribution in [0.1, 0.15) is 24.6 Å². The summed E-state index contributed by atoms with van der Waals surface area (Å²) in [6.45, 7) is 3.19. The lowest BCUT2D eigenvalue weighted by molar-refractivity contribution is -0.128. The van der Waals surface area contributed by atoms with Crippen LogP contribution in [0.5, 0.6) is 5.75 Å². The maximum atomic E-state index is 12.6. The molecule has 144 valence electrons. The number of amides is 1. The monoisotopic (exact) mass is 387 g/mol. The highest BCUT2D eigenvalue weighted by Gasteiger charge is 2.29. The van der Waals surface area contributed by atoms with Gasteiger partial charge in [-0.2, -0.15) is 0 Å². The second kappa shape index (κ2) is 7.80. The first-order valence-electron chi connectivity index (χ1n) is 9.34. The van der Waals surface area contributed by atoms with E-state index in [0.717, 1.165) is 42.9 Å². The maximum absolute atomic E-state index is 12.6. The molecule has 2 aliphatic rings. The molecule has 1 aliphatic carbocycles. The Morgan fingerprint density at radius 2 is 1.85 bits per heavy atom. The molecule has 2 aromatic rings. The van der Waals surface area contributed by atoms with Crippen LogP contribution in [-0.2, 0) is 11.8 Å². The van der Waals surface area contributed by atoms with E-state index >= 15 is 0 Å². The first-order valence-corrected chi connectivity index (χ1v) is 10.3. The number of anilines is 1. The van der Waals surface area contributed by atoms with Gasteiger partial charge in [0.2, 0.25) is 5.91 Å². The van der Waals surface area contributed by atoms with Gasteiger partial charge in [0.05, 0.1) is 12.9 Å². The Balaban J connectivity index is 1.27. The van der Waals surface area contributed by atoms with Gasteiger partial charge in [-0.05, 0) is 37.1 Å². The minimum absolute atomic E-state index is 0.172. The number of rotatable bonds is 6. The van der Waals surface area contributed by atoms with Crippen molar-refractivity contribution in [1.82, 2.24) is 19.7 Å². The lowest BCUT2D eigenvalue weighted by Crippen LogP contribution is -2.49. The Labute approximate surface area is 163 Å². The molecule has 1 amide bonds. The van der Waals surface area contributed by atoms with Crippen molar-refractivity contribution in [2.75, 3.05) is 43.9 Å². The molecule has 0 spiro atoms. The zero-order valence-electron chi connectivity index (χ0n) is 15.8. The van der Waals surface area contributed by atoms with Crippen LogP contribution in [0.2, 0.25) is 0 Å². The van der Waals surface area contributed by atoms with E-state index in [9.17, 15) is 4.79 Å². The molecule has 2 heterocycles. The Morgan fingerprint density at radius 3 is 2.48 bits per heavy atom. The summed E-state index contributed by atoms with van der Waals surface area (Å²) >= 11 is 1.49. The van der Waals surface area contributed by atoms with E-state index in [2.05, 4.69) is 27.2 Å². The van der Waals surface area contributed by atoms with Crippen LogP contribution in [0.3, 0.4) is 0 Å². The molecule has 8 heteroatoms. The standard InChI is InChI=1S/C19H25N5O2S/c1-22-18(14-3-4-14)20-21-19(22)27-13-17(25)24-11-9-23(10-12-24)15-5-7-16(26-2)8-6-15/h5-8,14H,3-4,9-13H2,1-2H3. The minimum atomic E-state index is 0.172. The second-order valence-corrected chi connectivity index (χ2v) is 7.97. The molecule has 0 N–H and O–H groups in total. The maximum Gasteiger partial charge on any atom is 0.233 e. The van der Waals surface area contributed by atoms with E-state index < -0.39 is 0 Å². The number of hydrogen-bond acceptors (Lipinski definition) is 6. The summed E-state index contributed by atoms with van der Waals surface area (Å²) < 4.78 is 7.25. The van der Waals surface area contributed by atoms with Gasteiger partial charge in [0.15, 0.2) is 5.16 Å². The fourth-order valence-electron chi connectivity index (χ4n) is 3.37. The number of carbonyl (C=O) groups is 1. The van der Waals surface area contributed by atoms with Gasteiger partial charge in [-0.15, -0.1) is 10.2 Å². The van der Waals surface area contributed by atoms with Crippen LogP contribution in [0.15, 0.2) is 29.4 Å². The molecule has 2 fully saturated rings. The molecule has 1 aliphatic heterocycles. The van der Waals surface area contributed by atoms with Crippen molar-refractivity contribution in [2.24, 2.45) is 7.05 Å². The summed E-state index contributed by atoms with van der Waals surface area (Å²) in [6.07, 6.45) is 2.40. The molecule has 0 bridgehead atoms. The van der Waals surface area contributed by atoms with Crippen molar-refractivity contribution in [3.63, 3.8) is 0 Å². The average Bonchev–Trinajstić information content (AvgIpc) is 3.49. The predicted octanol–water partition coefficient (Wildman–Crippen LogP) is 2.14. The van der Waals surface area contributed by atoms with Crippen molar-refractivity contribution in [2.45, 2.75) is 23.9 Å². The normalized spacial score (nSPS) is 17.3. The molecular formula is C19H25N5O2S. The number of carbonyl (C=O) groups excluding carboxylic acids is 1. The third-order valence-electron chi connectivity index (χ3n) is 5.21. The minimum Gasteiger partial charge on any atom is -0.497 e. The predicted molar refractivity (Wildman–Crippen MR) is 105 cm³/mol. The van der Waals surface area contributed by atoms with E-state index in [1.54, 1.807) is 7.11 Å². The SMILES string of the molecule is COc1ccc(N2CCN(C(=O)CSc3nnc(C4CC4)n3C)CC2)cc1. The fourth-order valence-corrected chi connectivity index (χ4v) is 4.19. The van der Waals surface area contributed by atoms with E-state index in [0.29, 0.717) is 11.7 Å². The van der Waals surface area contributed by atoms with Crippen molar-refractivity contribution in [3.05, 3.63) is 30.1 Å². The Hall–Kier alpha value is -2.22. The van der Waals surface area contributed by atoms with Crippen LogP contribution in [0, 0.1) is 0 Å². The van der Waals surface area contributed by atoms with Gasteiger partial charge in [-0.3, -0.25) is 4.79 Å². The largest absolute Gasteiger partial charge is 0.497 e. The molecule has 1 saturated heterocycles. The third kappa shape index (κ3) is 4.05. The van der Waals surface area contributed by atoms with Crippen LogP contribution >= 0.6 is 11.8 Å². The molecule has 27 heavy (non-hydrogen) atoms. The number of thioether (sulfide) groups is 1. The summed E-state index contributed by atoms with van der Waals surface area (Å²) in [6, 6.07) is 8.08. The van der Waals surface area contributed by atoms with E-state index in [4.69, 9.17) is 4.74 Å². The van der Waals surface area contributed by atoms with Gasteiger partial charge < -0.3 is 19.1 Å². The summed E-state index contributed by atoms with van der Waals surface area (Å²) in [5.74, 6) is 3.07. The quantitative estimate of drug-likeness (QED) is 0.708. The van der Waals surface area contributed by atoms with Crippen LogP contribution in [-0.4, -0.2) is 64.6 Å². The van der Waals surface area contributed by atoms with Gasteiger partial charge in [-0.1, -0.05) is 11.8 Å². The molecule has 1 aromatic carbocycles. The molecule has 0 atom stereocenters. The average molecular weight is 388 g/mol. The van der Waals surface area contributed by atoms with Gasteiger partial charge in [0, 0.05) is 44.8 Å². The summed E-state index contributed by atoms with van der Waals surface area (Å²) in [5, 5.41) is 9.36. The molecule has 1 aromatic heterocycles. The molecule has 0 radical (unpaired) electrons. The number of methoxy groups -OCH3 is 1. The Morgan fingerprint density at radius 1 is 1.15 bits per heavy atom. The summed E-state index contributed by atoms with van der Waals surface area (Å²) in [5.41, 5.74) is 1.17. The molecule has 0 unspecified atom stereocenters. The summed E-state index contributed by atoms with van der Waals surface area (Å²) in [7, 11) is 3.67. The summed E-state index contributed by atoms with van der Waals surface area (Å²) in [4.78, 5) is 16.8. The highest BCUT2D eigenvalue weighted by molar-refractivity contribution is 7.99. The van der Waals surface area contributed by atoms with E-state index in [-0.39, 0.29) is 5.91 Å². The molecule has 1 saturated carbocycles. The zero-order valence-corrected chi connectivity index (χ0v) is 16.6. The van der Waals surface area contributed by atoms with Crippen molar-refractivity contribution in [3.8, 4) is 5.75 Å². The van der Waals surface area contributed by atoms with Crippen molar-refractivity contribution >= 4 is 23.4 Å². The highest BCUT2D eigenvalue weighted by Crippen LogP contribution is 2.39. The van der Waals surface area contributed by atoms with Crippen LogP contribution < -0.4 is 9.64 Å². The van der Waals surface area contributed by atoms with Gasteiger partial charge in [0.25, 0.3) is 0 Å². The second-order valence-electron chi connectivity index (χ2n) is 7.03. The molecular weight excluding hydrogens is 362 g/mol. The number of piperazine rings is 1. The highest BCUT2D eigenvalue weighted by atomic mass is 32.2. The van der Waals surface area contributed by atoms with Crippen LogP contribution in [0.4, 0.5) is 5.69 Å². The third-order valence-corrected chi connectivity index (χ3v) is 6.21. The van der Waals surface area contributed by atoms with Crippen molar-refractivity contribution in [1.29, 1.82) is 0 Å². The van der Waals surface area contributed by atoms with Gasteiger partial charge >= 0.3 is 0 Å². The Kier molecular flexibility index (Phi) is 5.24.